The van der Waals surface area contributed by atoms with Gasteiger partial charge in [-0.3, -0.25) is 9.97 Å². The molecule has 0 aromatic carbocycles. The van der Waals surface area contributed by atoms with Crippen LogP contribution in [0, 0.1) is 0 Å². The summed E-state index contributed by atoms with van der Waals surface area (Å²) in [5, 5.41) is 10.3. The van der Waals surface area contributed by atoms with Gasteiger partial charge < -0.3 is 5.11 Å². The molecule has 0 saturated heterocycles. The van der Waals surface area contributed by atoms with Gasteiger partial charge in [-0.1, -0.05) is 12.1 Å². The summed E-state index contributed by atoms with van der Waals surface area (Å²) in [4.78, 5) is 6.98. The number of hydrogen-bond acceptors (Lipinski definition) is 3. The predicted octanol–water partition coefficient (Wildman–Crippen LogP) is 2.91. The lowest BCUT2D eigenvalue weighted by Gasteiger charge is -2.37. The highest BCUT2D eigenvalue weighted by Gasteiger charge is 2.71. The van der Waals surface area contributed by atoms with Crippen LogP contribution in [0.1, 0.15) is 11.1 Å². The normalized spacial score (nSPS) is 13.2. The predicted molar refractivity (Wildman–Crippen MR) is 62.5 cm³/mol. The minimum atomic E-state index is -5.95. The van der Waals surface area contributed by atoms with Crippen molar-refractivity contribution in [1.29, 1.82) is 0 Å². The Morgan fingerprint density at radius 2 is 1.24 bits per heavy atom. The minimum absolute atomic E-state index is 0.680. The van der Waals surface area contributed by atoms with Crippen LogP contribution in [-0.4, -0.2) is 27.2 Å². The van der Waals surface area contributed by atoms with Crippen molar-refractivity contribution >= 4 is 0 Å². The Morgan fingerprint density at radius 1 is 0.810 bits per heavy atom. The number of alkyl halides is 5. The van der Waals surface area contributed by atoms with Gasteiger partial charge in [0.05, 0.1) is 0 Å². The number of aliphatic hydroxyl groups is 1. The SMILES string of the molecule is OC(c1cccnc1)(c1cccnc1)C(F)(F)C(F)(F)F. The number of aromatic nitrogens is 2. The third-order valence-corrected chi connectivity index (χ3v) is 2.97. The van der Waals surface area contributed by atoms with Crippen molar-refractivity contribution in [2.75, 3.05) is 0 Å². The van der Waals surface area contributed by atoms with Crippen LogP contribution in [0.15, 0.2) is 49.1 Å². The van der Waals surface area contributed by atoms with Gasteiger partial charge in [0.25, 0.3) is 0 Å². The zero-order valence-electron chi connectivity index (χ0n) is 10.4. The van der Waals surface area contributed by atoms with E-state index in [9.17, 15) is 27.1 Å². The van der Waals surface area contributed by atoms with E-state index in [2.05, 4.69) is 9.97 Å². The van der Waals surface area contributed by atoms with Crippen LogP contribution < -0.4 is 0 Å². The number of hydrogen-bond donors (Lipinski definition) is 1. The van der Waals surface area contributed by atoms with Gasteiger partial charge in [-0.05, 0) is 12.1 Å². The van der Waals surface area contributed by atoms with Gasteiger partial charge in [-0.25, -0.2) is 0 Å². The standard InChI is InChI=1S/C13H9F5N2O/c14-12(15,13(16,17)18)11(21,9-3-1-5-19-7-9)10-4-2-6-20-8-10/h1-8,21H. The molecule has 0 radical (unpaired) electrons. The van der Waals surface area contributed by atoms with E-state index in [0.717, 1.165) is 36.7 Å². The van der Waals surface area contributed by atoms with Gasteiger partial charge >= 0.3 is 12.1 Å². The van der Waals surface area contributed by atoms with E-state index in [1.807, 2.05) is 0 Å². The molecule has 1 N–H and O–H groups in total. The molecule has 2 rings (SSSR count). The average Bonchev–Trinajstić information content (AvgIpc) is 2.47. The molecule has 0 atom stereocenters. The highest BCUT2D eigenvalue weighted by atomic mass is 19.4. The van der Waals surface area contributed by atoms with Gasteiger partial charge in [-0.15, -0.1) is 0 Å². The second kappa shape index (κ2) is 5.03. The van der Waals surface area contributed by atoms with Gasteiger partial charge in [-0.2, -0.15) is 22.0 Å². The molecule has 0 amide bonds. The van der Waals surface area contributed by atoms with Crippen molar-refractivity contribution in [3.05, 3.63) is 60.2 Å². The summed E-state index contributed by atoms with van der Waals surface area (Å²) in [6.07, 6.45) is -2.05. The van der Waals surface area contributed by atoms with Crippen LogP contribution in [0.25, 0.3) is 0 Å². The molecule has 2 aromatic heterocycles. The summed E-state index contributed by atoms with van der Waals surface area (Å²) >= 11 is 0. The molecule has 0 spiro atoms. The van der Waals surface area contributed by atoms with Crippen LogP contribution in [-0.2, 0) is 5.60 Å². The van der Waals surface area contributed by atoms with Gasteiger partial charge in [0.1, 0.15) is 0 Å². The lowest BCUT2D eigenvalue weighted by molar-refractivity contribution is -0.336. The fourth-order valence-electron chi connectivity index (χ4n) is 1.89. The second-order valence-electron chi connectivity index (χ2n) is 4.27. The summed E-state index contributed by atoms with van der Waals surface area (Å²) in [6.45, 7) is 0. The Bertz CT molecular complexity index is 561. The van der Waals surface area contributed by atoms with E-state index >= 15 is 0 Å². The molecular weight excluding hydrogens is 295 g/mol. The molecule has 8 heteroatoms. The molecule has 2 aromatic rings. The highest BCUT2D eigenvalue weighted by molar-refractivity contribution is 5.37. The Morgan fingerprint density at radius 3 is 1.52 bits per heavy atom. The monoisotopic (exact) mass is 304 g/mol. The van der Waals surface area contributed by atoms with E-state index in [0.29, 0.717) is 0 Å². The van der Waals surface area contributed by atoms with E-state index in [4.69, 9.17) is 0 Å². The Hall–Kier alpha value is -2.09. The fourth-order valence-corrected chi connectivity index (χ4v) is 1.89. The first-order valence-corrected chi connectivity index (χ1v) is 5.69. The average molecular weight is 304 g/mol. The molecule has 2 heterocycles. The second-order valence-corrected chi connectivity index (χ2v) is 4.27. The molecule has 0 bridgehead atoms. The first-order chi connectivity index (χ1) is 9.71. The van der Waals surface area contributed by atoms with Crippen molar-refractivity contribution in [3.8, 4) is 0 Å². The number of nitrogens with zero attached hydrogens (tertiary/aromatic N) is 2. The molecule has 0 fully saturated rings. The largest absolute Gasteiger partial charge is 0.457 e. The Labute approximate surface area is 116 Å². The van der Waals surface area contributed by atoms with Gasteiger partial charge in [0.15, 0.2) is 5.60 Å². The molecule has 0 aliphatic heterocycles. The highest BCUT2D eigenvalue weighted by Crippen LogP contribution is 2.51. The summed E-state index contributed by atoms with van der Waals surface area (Å²) in [5.41, 5.74) is -4.98. The van der Waals surface area contributed by atoms with Crippen LogP contribution in [0.4, 0.5) is 22.0 Å². The van der Waals surface area contributed by atoms with Crippen LogP contribution in [0.3, 0.4) is 0 Å². The maximum Gasteiger partial charge on any atom is 0.457 e. The Balaban J connectivity index is 2.73. The van der Waals surface area contributed by atoms with E-state index in [1.165, 1.54) is 12.4 Å². The molecule has 21 heavy (non-hydrogen) atoms. The van der Waals surface area contributed by atoms with Crippen molar-refractivity contribution in [2.24, 2.45) is 0 Å². The summed E-state index contributed by atoms with van der Waals surface area (Å²) < 4.78 is 66.1. The molecule has 3 nitrogen and oxygen atoms in total. The summed E-state index contributed by atoms with van der Waals surface area (Å²) in [5.74, 6) is -5.42. The van der Waals surface area contributed by atoms with Gasteiger partial charge in [0.2, 0.25) is 0 Å². The van der Waals surface area contributed by atoms with E-state index < -0.39 is 28.8 Å². The summed E-state index contributed by atoms with van der Waals surface area (Å²) in [6, 6.07) is 4.20. The van der Waals surface area contributed by atoms with Crippen molar-refractivity contribution in [1.82, 2.24) is 9.97 Å². The molecule has 0 aliphatic rings. The first kappa shape index (κ1) is 15.3. The van der Waals surface area contributed by atoms with Gasteiger partial charge in [0, 0.05) is 35.9 Å². The van der Waals surface area contributed by atoms with Crippen molar-refractivity contribution < 1.29 is 27.1 Å². The topological polar surface area (TPSA) is 46.0 Å². The lowest BCUT2D eigenvalue weighted by Crippen LogP contribution is -2.55. The third kappa shape index (κ3) is 2.35. The summed E-state index contributed by atoms with van der Waals surface area (Å²) in [7, 11) is 0. The van der Waals surface area contributed by atoms with E-state index in [1.54, 1.807) is 0 Å². The fraction of sp³-hybridized carbons (Fsp3) is 0.231. The minimum Gasteiger partial charge on any atom is -0.374 e. The zero-order chi connectivity index (χ0) is 15.7. The van der Waals surface area contributed by atoms with Crippen LogP contribution in [0.2, 0.25) is 0 Å². The maximum absolute atomic E-state index is 13.9. The Kier molecular flexibility index (Phi) is 3.66. The van der Waals surface area contributed by atoms with Crippen molar-refractivity contribution in [2.45, 2.75) is 17.7 Å². The number of halogens is 5. The maximum atomic E-state index is 13.9. The number of rotatable bonds is 3. The smallest absolute Gasteiger partial charge is 0.374 e. The molecular formula is C13H9F5N2O. The zero-order valence-corrected chi connectivity index (χ0v) is 10.4. The van der Waals surface area contributed by atoms with Crippen molar-refractivity contribution in [3.63, 3.8) is 0 Å². The molecule has 0 unspecified atom stereocenters. The van der Waals surface area contributed by atoms with Crippen LogP contribution >= 0.6 is 0 Å². The first-order valence-electron chi connectivity index (χ1n) is 5.69. The molecule has 0 saturated carbocycles. The lowest BCUT2D eigenvalue weighted by atomic mass is 9.82. The molecule has 112 valence electrons. The molecule has 0 aliphatic carbocycles. The van der Waals surface area contributed by atoms with E-state index in [-0.39, 0.29) is 0 Å². The quantitative estimate of drug-likeness (QED) is 0.887. The number of pyridine rings is 2. The third-order valence-electron chi connectivity index (χ3n) is 2.97. The van der Waals surface area contributed by atoms with Crippen LogP contribution in [0.5, 0.6) is 0 Å².